The molecule has 0 aromatic heterocycles. The first kappa shape index (κ1) is 14.3. The second-order valence-electron chi connectivity index (χ2n) is 5.86. The fraction of sp³-hybridized carbons (Fsp3) is 0.857. The van der Waals surface area contributed by atoms with Gasteiger partial charge in [-0.25, -0.2) is 4.79 Å². The molecule has 0 bridgehead atoms. The maximum absolute atomic E-state index is 12.3. The molecule has 2 aliphatic rings. The summed E-state index contributed by atoms with van der Waals surface area (Å²) in [7, 11) is 0. The van der Waals surface area contributed by atoms with Gasteiger partial charge in [0.05, 0.1) is 13.2 Å². The van der Waals surface area contributed by atoms with Crippen molar-refractivity contribution in [3.05, 3.63) is 0 Å². The van der Waals surface area contributed by atoms with Crippen molar-refractivity contribution in [3.63, 3.8) is 0 Å². The summed E-state index contributed by atoms with van der Waals surface area (Å²) in [5.74, 6) is 0.125. The van der Waals surface area contributed by atoms with E-state index in [0.717, 1.165) is 12.8 Å². The smallest absolute Gasteiger partial charge is 0.328 e. The second kappa shape index (κ2) is 6.37. The van der Waals surface area contributed by atoms with Gasteiger partial charge in [-0.3, -0.25) is 4.79 Å². The predicted octanol–water partition coefficient (Wildman–Crippen LogP) is 1.51. The van der Waals surface area contributed by atoms with Gasteiger partial charge >= 0.3 is 5.97 Å². The number of carbonyl (C=O) groups excluding carboxylic acids is 1. The lowest BCUT2D eigenvalue weighted by atomic mass is 9.80. The van der Waals surface area contributed by atoms with E-state index in [9.17, 15) is 9.59 Å². The largest absolute Gasteiger partial charge is 0.480 e. The first-order chi connectivity index (χ1) is 9.08. The van der Waals surface area contributed by atoms with Gasteiger partial charge in [-0.2, -0.15) is 0 Å². The van der Waals surface area contributed by atoms with Crippen molar-refractivity contribution < 1.29 is 19.4 Å². The van der Waals surface area contributed by atoms with Crippen LogP contribution in [0.15, 0.2) is 0 Å². The monoisotopic (exact) mass is 269 g/mol. The lowest BCUT2D eigenvalue weighted by molar-refractivity contribution is -0.158. The molecule has 0 radical (unpaired) electrons. The second-order valence-corrected chi connectivity index (χ2v) is 5.86. The van der Waals surface area contributed by atoms with E-state index in [0.29, 0.717) is 31.4 Å². The third-order valence-electron chi connectivity index (χ3n) is 4.24. The van der Waals surface area contributed by atoms with Crippen LogP contribution in [0.5, 0.6) is 0 Å². The van der Waals surface area contributed by atoms with E-state index in [1.54, 1.807) is 0 Å². The number of carbonyl (C=O) groups is 2. The van der Waals surface area contributed by atoms with E-state index in [2.05, 4.69) is 6.92 Å². The van der Waals surface area contributed by atoms with Crippen molar-refractivity contribution >= 4 is 11.9 Å². The molecule has 0 unspecified atom stereocenters. The van der Waals surface area contributed by atoms with Gasteiger partial charge in [-0.05, 0) is 24.7 Å². The standard InChI is InChI=1S/C14H23NO4/c1-10-3-2-4-11(7-10)8-13(16)15-5-6-19-9-12(15)14(17)18/h10-12H,2-9H2,1H3,(H,17,18)/t10-,11+,12+/m1/s1. The highest BCUT2D eigenvalue weighted by atomic mass is 16.5. The number of rotatable bonds is 3. The van der Waals surface area contributed by atoms with Crippen molar-refractivity contribution in [2.24, 2.45) is 11.8 Å². The maximum Gasteiger partial charge on any atom is 0.328 e. The molecule has 5 heteroatoms. The van der Waals surface area contributed by atoms with E-state index < -0.39 is 12.0 Å². The zero-order valence-electron chi connectivity index (χ0n) is 11.5. The third-order valence-corrected chi connectivity index (χ3v) is 4.24. The van der Waals surface area contributed by atoms with Crippen LogP contribution in [0, 0.1) is 11.8 Å². The Morgan fingerprint density at radius 3 is 2.84 bits per heavy atom. The van der Waals surface area contributed by atoms with Crippen molar-refractivity contribution in [3.8, 4) is 0 Å². The zero-order valence-corrected chi connectivity index (χ0v) is 11.5. The molecule has 1 aliphatic carbocycles. The Morgan fingerprint density at radius 1 is 1.37 bits per heavy atom. The molecular formula is C14H23NO4. The molecule has 3 atom stereocenters. The summed E-state index contributed by atoms with van der Waals surface area (Å²) in [6, 6.07) is -0.803. The molecule has 19 heavy (non-hydrogen) atoms. The molecule has 0 aromatic carbocycles. The minimum atomic E-state index is -0.968. The van der Waals surface area contributed by atoms with Crippen LogP contribution in [-0.2, 0) is 14.3 Å². The van der Waals surface area contributed by atoms with Crippen molar-refractivity contribution in [1.82, 2.24) is 4.90 Å². The molecule has 1 N–H and O–H groups in total. The molecular weight excluding hydrogens is 246 g/mol. The summed E-state index contributed by atoms with van der Waals surface area (Å²) in [6.45, 7) is 3.18. The minimum Gasteiger partial charge on any atom is -0.480 e. The highest BCUT2D eigenvalue weighted by Crippen LogP contribution is 2.31. The summed E-state index contributed by atoms with van der Waals surface area (Å²) in [4.78, 5) is 24.9. The Morgan fingerprint density at radius 2 is 2.16 bits per heavy atom. The van der Waals surface area contributed by atoms with Gasteiger partial charge in [-0.1, -0.05) is 19.8 Å². The van der Waals surface area contributed by atoms with Crippen molar-refractivity contribution in [2.45, 2.75) is 45.1 Å². The van der Waals surface area contributed by atoms with E-state index in [1.165, 1.54) is 17.7 Å². The zero-order chi connectivity index (χ0) is 13.8. The summed E-state index contributed by atoms with van der Waals surface area (Å²) in [5.41, 5.74) is 0. The van der Waals surface area contributed by atoms with Crippen LogP contribution in [0.2, 0.25) is 0 Å². The van der Waals surface area contributed by atoms with Crippen LogP contribution in [0.25, 0.3) is 0 Å². The van der Waals surface area contributed by atoms with Crippen LogP contribution < -0.4 is 0 Å². The number of hydrogen-bond acceptors (Lipinski definition) is 3. The molecule has 0 aromatic rings. The Balaban J connectivity index is 1.92. The summed E-state index contributed by atoms with van der Waals surface area (Å²) in [6.07, 6.45) is 5.12. The average Bonchev–Trinajstić information content (AvgIpc) is 2.38. The number of hydrogen-bond donors (Lipinski definition) is 1. The van der Waals surface area contributed by atoms with Crippen LogP contribution in [0.3, 0.4) is 0 Å². The number of aliphatic carboxylic acids is 1. The molecule has 1 saturated heterocycles. The maximum atomic E-state index is 12.3. The Bertz CT molecular complexity index is 344. The predicted molar refractivity (Wildman–Crippen MR) is 69.7 cm³/mol. The van der Waals surface area contributed by atoms with E-state index in [-0.39, 0.29) is 12.5 Å². The van der Waals surface area contributed by atoms with Crippen LogP contribution in [0.1, 0.15) is 39.0 Å². The molecule has 1 amide bonds. The number of carboxylic acids is 1. The number of carboxylic acid groups (broad SMARTS) is 1. The molecule has 1 saturated carbocycles. The lowest BCUT2D eigenvalue weighted by Crippen LogP contribution is -2.53. The van der Waals surface area contributed by atoms with Crippen LogP contribution in [0.4, 0.5) is 0 Å². The van der Waals surface area contributed by atoms with Crippen molar-refractivity contribution in [2.75, 3.05) is 19.8 Å². The number of nitrogens with zero attached hydrogens (tertiary/aromatic N) is 1. The minimum absolute atomic E-state index is 0.0187. The topological polar surface area (TPSA) is 66.8 Å². The van der Waals surface area contributed by atoms with Gasteiger partial charge in [0.25, 0.3) is 0 Å². The highest BCUT2D eigenvalue weighted by molar-refractivity contribution is 5.84. The first-order valence-corrected chi connectivity index (χ1v) is 7.18. The van der Waals surface area contributed by atoms with E-state index in [4.69, 9.17) is 9.84 Å². The van der Waals surface area contributed by atoms with E-state index >= 15 is 0 Å². The molecule has 1 aliphatic heterocycles. The highest BCUT2D eigenvalue weighted by Gasteiger charge is 2.34. The van der Waals surface area contributed by atoms with Gasteiger partial charge in [0.15, 0.2) is 6.04 Å². The number of morpholine rings is 1. The lowest BCUT2D eigenvalue weighted by Gasteiger charge is -2.35. The fourth-order valence-corrected chi connectivity index (χ4v) is 3.22. The summed E-state index contributed by atoms with van der Waals surface area (Å²) < 4.78 is 5.16. The van der Waals surface area contributed by atoms with Gasteiger partial charge in [0.1, 0.15) is 0 Å². The molecule has 1 heterocycles. The van der Waals surface area contributed by atoms with Gasteiger partial charge < -0.3 is 14.7 Å². The van der Waals surface area contributed by atoms with Gasteiger partial charge in [-0.15, -0.1) is 0 Å². The van der Waals surface area contributed by atoms with Gasteiger partial charge in [0.2, 0.25) is 5.91 Å². The van der Waals surface area contributed by atoms with Gasteiger partial charge in [0, 0.05) is 13.0 Å². The number of ether oxygens (including phenoxy) is 1. The van der Waals surface area contributed by atoms with Crippen molar-refractivity contribution in [1.29, 1.82) is 0 Å². The average molecular weight is 269 g/mol. The SMILES string of the molecule is C[C@@H]1CCC[C@H](CC(=O)N2CCOC[C@H]2C(=O)O)C1. The molecule has 108 valence electrons. The summed E-state index contributed by atoms with van der Waals surface area (Å²) >= 11 is 0. The summed E-state index contributed by atoms with van der Waals surface area (Å²) in [5, 5.41) is 9.13. The molecule has 2 fully saturated rings. The van der Waals surface area contributed by atoms with Crippen LogP contribution in [-0.4, -0.2) is 47.7 Å². The first-order valence-electron chi connectivity index (χ1n) is 7.18. The molecule has 0 spiro atoms. The Labute approximate surface area is 113 Å². The normalized spacial score (nSPS) is 32.1. The van der Waals surface area contributed by atoms with Crippen LogP contribution >= 0.6 is 0 Å². The molecule has 5 nitrogen and oxygen atoms in total. The Kier molecular flexibility index (Phi) is 4.80. The number of amides is 1. The van der Waals surface area contributed by atoms with E-state index in [1.807, 2.05) is 0 Å². The quantitative estimate of drug-likeness (QED) is 0.843. The molecule has 2 rings (SSSR count). The third kappa shape index (κ3) is 3.69. The Hall–Kier alpha value is -1.10. The fourth-order valence-electron chi connectivity index (χ4n) is 3.22.